The van der Waals surface area contributed by atoms with E-state index < -0.39 is 0 Å². The van der Waals surface area contributed by atoms with Gasteiger partial charge in [0.15, 0.2) is 0 Å². The van der Waals surface area contributed by atoms with Crippen molar-refractivity contribution in [2.45, 2.75) is 27.7 Å². The minimum absolute atomic E-state index is 0. The standard InChI is InChI=1S/C11H15.Li/c1-7-6-8(2)10(4)11(5)9(7)3;/h6H,5H2,1-4H3;/q-1;+1. The largest absolute Gasteiger partial charge is 1.00 e. The number of aryl methyl sites for hydroxylation is 2. The van der Waals surface area contributed by atoms with Gasteiger partial charge < -0.3 is 0 Å². The van der Waals surface area contributed by atoms with Crippen molar-refractivity contribution in [3.63, 3.8) is 0 Å². The van der Waals surface area contributed by atoms with Crippen LogP contribution in [0.4, 0.5) is 0 Å². The molecule has 12 heavy (non-hydrogen) atoms. The Kier molecular flexibility index (Phi) is 3.97. The molecule has 0 heterocycles. The van der Waals surface area contributed by atoms with E-state index in [-0.39, 0.29) is 18.9 Å². The molecule has 0 atom stereocenters. The first-order valence-electron chi connectivity index (χ1n) is 3.93. The SMILES string of the molecule is [CH2-]c1c(C)c(C)cc(C)c1C.[Li+]. The summed E-state index contributed by atoms with van der Waals surface area (Å²) in [5, 5.41) is 0. The van der Waals surface area contributed by atoms with Crippen molar-refractivity contribution in [1.29, 1.82) is 0 Å². The molecule has 60 valence electrons. The maximum atomic E-state index is 4.04. The Balaban J connectivity index is 0.00000121. The van der Waals surface area contributed by atoms with Crippen LogP contribution in [0, 0.1) is 34.6 Å². The predicted molar refractivity (Wildman–Crippen MR) is 49.8 cm³/mol. The van der Waals surface area contributed by atoms with Crippen LogP contribution >= 0.6 is 0 Å². The van der Waals surface area contributed by atoms with Gasteiger partial charge in [-0.3, -0.25) is 0 Å². The van der Waals surface area contributed by atoms with Gasteiger partial charge in [0.1, 0.15) is 0 Å². The van der Waals surface area contributed by atoms with Gasteiger partial charge in [-0.1, -0.05) is 33.8 Å². The van der Waals surface area contributed by atoms with E-state index in [1.807, 2.05) is 0 Å². The monoisotopic (exact) mass is 154 g/mol. The topological polar surface area (TPSA) is 0 Å². The third-order valence-electron chi connectivity index (χ3n) is 2.52. The molecular formula is C11H15Li. The first-order chi connectivity index (χ1) is 5.04. The van der Waals surface area contributed by atoms with Crippen molar-refractivity contribution in [2.24, 2.45) is 0 Å². The Bertz CT molecular complexity index is 261. The zero-order chi connectivity index (χ0) is 8.59. The Hall–Kier alpha value is -0.313. The zero-order valence-electron chi connectivity index (χ0n) is 8.78. The molecule has 0 spiro atoms. The summed E-state index contributed by atoms with van der Waals surface area (Å²) in [4.78, 5) is 0. The summed E-state index contributed by atoms with van der Waals surface area (Å²) in [7, 11) is 0. The molecule has 0 saturated carbocycles. The molecule has 0 unspecified atom stereocenters. The predicted octanol–water partition coefficient (Wildman–Crippen LogP) is 0.106. The first kappa shape index (κ1) is 11.7. The van der Waals surface area contributed by atoms with Gasteiger partial charge in [0, 0.05) is 0 Å². The van der Waals surface area contributed by atoms with Gasteiger partial charge in [0.05, 0.1) is 0 Å². The summed E-state index contributed by atoms with van der Waals surface area (Å²) < 4.78 is 0. The van der Waals surface area contributed by atoms with Gasteiger partial charge in [0.25, 0.3) is 0 Å². The second kappa shape index (κ2) is 4.08. The van der Waals surface area contributed by atoms with Crippen molar-refractivity contribution in [2.75, 3.05) is 0 Å². The van der Waals surface area contributed by atoms with E-state index in [1.54, 1.807) is 0 Å². The fraction of sp³-hybridized carbons (Fsp3) is 0.364. The third-order valence-corrected chi connectivity index (χ3v) is 2.52. The van der Waals surface area contributed by atoms with Crippen molar-refractivity contribution in [1.82, 2.24) is 0 Å². The maximum Gasteiger partial charge on any atom is 1.00 e. The molecule has 1 heteroatoms. The van der Waals surface area contributed by atoms with E-state index in [4.69, 9.17) is 0 Å². The number of rotatable bonds is 0. The van der Waals surface area contributed by atoms with Crippen molar-refractivity contribution >= 4 is 0 Å². The van der Waals surface area contributed by atoms with Crippen molar-refractivity contribution < 1.29 is 18.9 Å². The van der Waals surface area contributed by atoms with Gasteiger partial charge >= 0.3 is 18.9 Å². The minimum Gasteiger partial charge on any atom is -0.198 e. The fourth-order valence-corrected chi connectivity index (χ4v) is 1.30. The van der Waals surface area contributed by atoms with E-state index in [0.717, 1.165) is 0 Å². The molecule has 1 aromatic carbocycles. The van der Waals surface area contributed by atoms with Crippen molar-refractivity contribution in [3.05, 3.63) is 40.8 Å². The molecule has 0 N–H and O–H groups in total. The molecule has 0 nitrogen and oxygen atoms in total. The van der Waals surface area contributed by atoms with E-state index in [2.05, 4.69) is 40.7 Å². The Morgan fingerprint density at radius 1 is 0.917 bits per heavy atom. The van der Waals surface area contributed by atoms with Crippen LogP contribution in [0.2, 0.25) is 0 Å². The van der Waals surface area contributed by atoms with Gasteiger partial charge in [-0.2, -0.15) is 12.5 Å². The fourth-order valence-electron chi connectivity index (χ4n) is 1.30. The Morgan fingerprint density at radius 3 is 1.58 bits per heavy atom. The molecule has 0 radical (unpaired) electrons. The zero-order valence-corrected chi connectivity index (χ0v) is 8.78. The summed E-state index contributed by atoms with van der Waals surface area (Å²) in [5.74, 6) is 0. The molecule has 0 bridgehead atoms. The quantitative estimate of drug-likeness (QED) is 0.367. The first-order valence-corrected chi connectivity index (χ1v) is 3.93. The molecule has 0 amide bonds. The molecule has 0 saturated heterocycles. The van der Waals surface area contributed by atoms with Crippen LogP contribution < -0.4 is 18.9 Å². The summed E-state index contributed by atoms with van der Waals surface area (Å²) in [6, 6.07) is 2.22. The van der Waals surface area contributed by atoms with E-state index in [0.29, 0.717) is 0 Å². The van der Waals surface area contributed by atoms with Gasteiger partial charge in [-0.05, 0) is 0 Å². The average Bonchev–Trinajstić information content (AvgIpc) is 1.97. The Morgan fingerprint density at radius 2 is 1.25 bits per heavy atom. The number of hydrogen-bond acceptors (Lipinski definition) is 0. The van der Waals surface area contributed by atoms with Crippen LogP contribution in [0.5, 0.6) is 0 Å². The van der Waals surface area contributed by atoms with Crippen LogP contribution in [0.15, 0.2) is 6.07 Å². The molecule has 1 rings (SSSR count). The molecule has 0 aromatic heterocycles. The van der Waals surface area contributed by atoms with Gasteiger partial charge in [-0.25, -0.2) is 0 Å². The van der Waals surface area contributed by atoms with Gasteiger partial charge in [0.2, 0.25) is 0 Å². The Labute approximate surface area is 87.6 Å². The van der Waals surface area contributed by atoms with Crippen LogP contribution in [0.1, 0.15) is 27.8 Å². The summed E-state index contributed by atoms with van der Waals surface area (Å²) >= 11 is 0. The van der Waals surface area contributed by atoms with Crippen LogP contribution in [-0.2, 0) is 0 Å². The maximum absolute atomic E-state index is 4.04. The third kappa shape index (κ3) is 1.89. The van der Waals surface area contributed by atoms with Crippen LogP contribution in [0.25, 0.3) is 0 Å². The molecule has 0 aliphatic carbocycles. The van der Waals surface area contributed by atoms with Gasteiger partial charge in [-0.15, -0.1) is 22.3 Å². The van der Waals surface area contributed by atoms with Crippen LogP contribution in [0.3, 0.4) is 0 Å². The van der Waals surface area contributed by atoms with Crippen molar-refractivity contribution in [3.8, 4) is 0 Å². The molecular weight excluding hydrogens is 139 g/mol. The number of hydrogen-bond donors (Lipinski definition) is 0. The second-order valence-corrected chi connectivity index (χ2v) is 3.24. The second-order valence-electron chi connectivity index (χ2n) is 3.24. The summed E-state index contributed by atoms with van der Waals surface area (Å²) in [6.07, 6.45) is 0. The van der Waals surface area contributed by atoms with E-state index in [9.17, 15) is 0 Å². The van der Waals surface area contributed by atoms with Crippen LogP contribution in [-0.4, -0.2) is 0 Å². The summed E-state index contributed by atoms with van der Waals surface area (Å²) in [5.41, 5.74) is 6.54. The molecule has 0 aliphatic heterocycles. The molecule has 0 aliphatic rings. The minimum atomic E-state index is 0. The molecule has 1 aromatic rings. The smallest absolute Gasteiger partial charge is 0.198 e. The number of benzene rings is 1. The summed E-state index contributed by atoms with van der Waals surface area (Å²) in [6.45, 7) is 12.6. The average molecular weight is 154 g/mol. The normalized spacial score (nSPS) is 9.33. The van der Waals surface area contributed by atoms with E-state index >= 15 is 0 Å². The molecule has 0 fully saturated rings. The van der Waals surface area contributed by atoms with E-state index in [1.165, 1.54) is 27.8 Å².